The van der Waals surface area contributed by atoms with Gasteiger partial charge in [0.1, 0.15) is 0 Å². The summed E-state index contributed by atoms with van der Waals surface area (Å²) in [6.07, 6.45) is 1.72. The number of amides is 1. The van der Waals surface area contributed by atoms with Gasteiger partial charge in [0.25, 0.3) is 5.91 Å². The second-order valence-electron chi connectivity index (χ2n) is 6.00. The van der Waals surface area contributed by atoms with Crippen molar-refractivity contribution >= 4 is 34.0 Å². The number of fused-ring (bicyclic) bond motifs is 1. The Morgan fingerprint density at radius 1 is 1.23 bits per heavy atom. The van der Waals surface area contributed by atoms with Gasteiger partial charge in [-0.15, -0.1) is 11.3 Å². The molecule has 0 atom stereocenters. The van der Waals surface area contributed by atoms with E-state index in [-0.39, 0.29) is 5.91 Å². The molecule has 1 aromatic carbocycles. The first kappa shape index (κ1) is 16.5. The number of aryl methyl sites for hydroxylation is 2. The van der Waals surface area contributed by atoms with Crippen molar-refractivity contribution in [3.63, 3.8) is 0 Å². The highest BCUT2D eigenvalue weighted by Crippen LogP contribution is 2.28. The van der Waals surface area contributed by atoms with Crippen molar-refractivity contribution in [1.82, 2.24) is 14.8 Å². The van der Waals surface area contributed by atoms with Crippen LogP contribution in [0.4, 0.5) is 5.69 Å². The highest BCUT2D eigenvalue weighted by Gasteiger charge is 2.18. The fraction of sp³-hybridized carbons (Fsp3) is 0.150. The maximum absolute atomic E-state index is 13.0. The van der Waals surface area contributed by atoms with Crippen molar-refractivity contribution in [2.75, 3.05) is 5.32 Å². The minimum absolute atomic E-state index is 0.153. The van der Waals surface area contributed by atoms with Gasteiger partial charge in [-0.2, -0.15) is 5.10 Å². The Balaban J connectivity index is 1.84. The van der Waals surface area contributed by atoms with E-state index in [0.717, 1.165) is 32.9 Å². The predicted molar refractivity (Wildman–Crippen MR) is 106 cm³/mol. The van der Waals surface area contributed by atoms with Gasteiger partial charge < -0.3 is 5.32 Å². The summed E-state index contributed by atoms with van der Waals surface area (Å²) in [5.74, 6) is -0.153. The number of hydrogen-bond acceptors (Lipinski definition) is 4. The second kappa shape index (κ2) is 6.72. The zero-order valence-electron chi connectivity index (χ0n) is 14.6. The first-order valence-corrected chi connectivity index (χ1v) is 9.32. The lowest BCUT2D eigenvalue weighted by atomic mass is 10.1. The van der Waals surface area contributed by atoms with Gasteiger partial charge in [-0.25, -0.2) is 9.67 Å². The van der Waals surface area contributed by atoms with Gasteiger partial charge in [-0.05, 0) is 43.0 Å². The number of pyridine rings is 1. The van der Waals surface area contributed by atoms with Crippen LogP contribution in [0.2, 0.25) is 0 Å². The van der Waals surface area contributed by atoms with Crippen LogP contribution in [0.3, 0.4) is 0 Å². The molecule has 0 aliphatic carbocycles. The molecule has 3 heterocycles. The lowest BCUT2D eigenvalue weighted by Crippen LogP contribution is -2.14. The van der Waals surface area contributed by atoms with Crippen molar-refractivity contribution in [1.29, 1.82) is 0 Å². The second-order valence-corrected chi connectivity index (χ2v) is 6.95. The van der Waals surface area contributed by atoms with Gasteiger partial charge in [0.15, 0.2) is 5.65 Å². The first-order chi connectivity index (χ1) is 12.7. The van der Waals surface area contributed by atoms with Crippen molar-refractivity contribution in [2.45, 2.75) is 20.4 Å². The molecular formula is C20H18N4OS. The zero-order valence-corrected chi connectivity index (χ0v) is 15.4. The molecule has 0 radical (unpaired) electrons. The van der Waals surface area contributed by atoms with E-state index in [2.05, 4.69) is 10.4 Å². The topological polar surface area (TPSA) is 59.8 Å². The monoisotopic (exact) mass is 362 g/mol. The van der Waals surface area contributed by atoms with E-state index >= 15 is 0 Å². The molecule has 0 saturated heterocycles. The largest absolute Gasteiger partial charge is 0.322 e. The molecule has 0 spiro atoms. The quantitative estimate of drug-likeness (QED) is 0.570. The first-order valence-electron chi connectivity index (χ1n) is 8.45. The lowest BCUT2D eigenvalue weighted by Gasteiger charge is -2.10. The summed E-state index contributed by atoms with van der Waals surface area (Å²) in [7, 11) is 0. The Morgan fingerprint density at radius 2 is 2.08 bits per heavy atom. The van der Waals surface area contributed by atoms with Crippen molar-refractivity contribution in [2.24, 2.45) is 0 Å². The van der Waals surface area contributed by atoms with E-state index < -0.39 is 0 Å². The van der Waals surface area contributed by atoms with Crippen LogP contribution in [0.25, 0.3) is 21.6 Å². The molecule has 0 bridgehead atoms. The van der Waals surface area contributed by atoms with Gasteiger partial charge in [0.2, 0.25) is 0 Å². The van der Waals surface area contributed by atoms with Gasteiger partial charge in [-0.3, -0.25) is 4.79 Å². The normalized spacial score (nSPS) is 11.0. The molecule has 3 aromatic heterocycles. The molecular weight excluding hydrogens is 344 g/mol. The SMILES string of the molecule is CCn1ncc2c(C(=O)Nc3ccccc3C)cc(-c3cccs3)nc21. The third-order valence-electron chi connectivity index (χ3n) is 4.32. The number of aromatic nitrogens is 3. The van der Waals surface area contributed by atoms with E-state index in [0.29, 0.717) is 12.1 Å². The molecule has 0 unspecified atom stereocenters. The molecule has 0 aliphatic rings. The third-order valence-corrected chi connectivity index (χ3v) is 5.21. The maximum Gasteiger partial charge on any atom is 0.256 e. The number of hydrogen-bond donors (Lipinski definition) is 1. The highest BCUT2D eigenvalue weighted by atomic mass is 32.1. The Morgan fingerprint density at radius 3 is 2.81 bits per heavy atom. The van der Waals surface area contributed by atoms with Crippen molar-refractivity contribution < 1.29 is 4.79 Å². The van der Waals surface area contributed by atoms with Crippen LogP contribution < -0.4 is 5.32 Å². The Labute approximate surface area is 155 Å². The number of rotatable bonds is 4. The molecule has 130 valence electrons. The molecule has 0 saturated carbocycles. The smallest absolute Gasteiger partial charge is 0.256 e. The fourth-order valence-corrected chi connectivity index (χ4v) is 3.61. The summed E-state index contributed by atoms with van der Waals surface area (Å²) < 4.78 is 1.82. The molecule has 4 aromatic rings. The summed E-state index contributed by atoms with van der Waals surface area (Å²) in [5.41, 5.74) is 3.93. The molecule has 26 heavy (non-hydrogen) atoms. The Bertz CT molecular complexity index is 1080. The van der Waals surface area contributed by atoms with E-state index in [1.807, 2.05) is 66.4 Å². The average Bonchev–Trinajstić information content (AvgIpc) is 3.32. The molecule has 0 fully saturated rings. The highest BCUT2D eigenvalue weighted by molar-refractivity contribution is 7.13. The molecule has 1 amide bonds. The van der Waals surface area contributed by atoms with Crippen LogP contribution in [0.5, 0.6) is 0 Å². The standard InChI is InChI=1S/C20H18N4OS/c1-3-24-19-15(12-21-24)14(11-17(22-19)18-9-6-10-26-18)20(25)23-16-8-5-4-7-13(16)2/h4-12H,3H2,1-2H3,(H,23,25). The van der Waals surface area contributed by atoms with Crippen LogP contribution in [0.15, 0.2) is 54.0 Å². The molecule has 1 N–H and O–H groups in total. The van der Waals surface area contributed by atoms with Gasteiger partial charge in [-0.1, -0.05) is 24.3 Å². The van der Waals surface area contributed by atoms with Gasteiger partial charge in [0, 0.05) is 12.2 Å². The summed E-state index contributed by atoms with van der Waals surface area (Å²) in [6, 6.07) is 13.6. The predicted octanol–water partition coefficient (Wildman–Crippen LogP) is 4.74. The minimum atomic E-state index is -0.153. The number of benzene rings is 1. The number of anilines is 1. The van der Waals surface area contributed by atoms with Crippen LogP contribution in [-0.4, -0.2) is 20.7 Å². The number of carbonyl (C=O) groups is 1. The fourth-order valence-electron chi connectivity index (χ4n) is 2.92. The van der Waals surface area contributed by atoms with Crippen LogP contribution in [0, 0.1) is 6.92 Å². The van der Waals surface area contributed by atoms with E-state index in [1.54, 1.807) is 17.5 Å². The lowest BCUT2D eigenvalue weighted by molar-refractivity contribution is 0.102. The molecule has 0 aliphatic heterocycles. The number of thiophene rings is 1. The van der Waals surface area contributed by atoms with Crippen molar-refractivity contribution in [3.05, 3.63) is 65.2 Å². The number of carbonyl (C=O) groups excluding carboxylic acids is 1. The number of para-hydroxylation sites is 1. The molecule has 4 rings (SSSR count). The molecule has 6 heteroatoms. The summed E-state index contributed by atoms with van der Waals surface area (Å²) in [6.45, 7) is 4.69. The Hall–Kier alpha value is -2.99. The van der Waals surface area contributed by atoms with Gasteiger partial charge >= 0.3 is 0 Å². The van der Waals surface area contributed by atoms with E-state index in [1.165, 1.54) is 0 Å². The van der Waals surface area contributed by atoms with Crippen LogP contribution in [0.1, 0.15) is 22.8 Å². The summed E-state index contributed by atoms with van der Waals surface area (Å²) in [5, 5.41) is 10.2. The third kappa shape index (κ3) is 2.88. The van der Waals surface area contributed by atoms with Crippen molar-refractivity contribution in [3.8, 4) is 10.6 Å². The van der Waals surface area contributed by atoms with Gasteiger partial charge in [0.05, 0.1) is 27.7 Å². The summed E-state index contributed by atoms with van der Waals surface area (Å²) >= 11 is 1.60. The number of nitrogens with zero attached hydrogens (tertiary/aromatic N) is 3. The summed E-state index contributed by atoms with van der Waals surface area (Å²) in [4.78, 5) is 18.8. The van der Waals surface area contributed by atoms with E-state index in [9.17, 15) is 4.79 Å². The van der Waals surface area contributed by atoms with Crippen LogP contribution in [-0.2, 0) is 6.54 Å². The maximum atomic E-state index is 13.0. The molecule has 5 nitrogen and oxygen atoms in total. The minimum Gasteiger partial charge on any atom is -0.322 e. The Kier molecular flexibility index (Phi) is 4.26. The van der Waals surface area contributed by atoms with E-state index in [4.69, 9.17) is 4.98 Å². The average molecular weight is 362 g/mol. The number of nitrogens with one attached hydrogen (secondary N) is 1. The van der Waals surface area contributed by atoms with Crippen LogP contribution >= 0.6 is 11.3 Å². The zero-order chi connectivity index (χ0) is 18.1.